The van der Waals surface area contributed by atoms with Crippen LogP contribution in [0.3, 0.4) is 0 Å². The second-order valence-corrected chi connectivity index (χ2v) is 8.29. The van der Waals surface area contributed by atoms with E-state index in [1.165, 1.54) is 11.3 Å². The molecule has 0 saturated heterocycles. The predicted molar refractivity (Wildman–Crippen MR) is 116 cm³/mol. The molecule has 0 N–H and O–H groups in total. The molecule has 7 heteroatoms. The van der Waals surface area contributed by atoms with Gasteiger partial charge in [0, 0.05) is 23.6 Å². The van der Waals surface area contributed by atoms with Crippen molar-refractivity contribution >= 4 is 39.2 Å². The zero-order chi connectivity index (χ0) is 19.9. The van der Waals surface area contributed by atoms with E-state index in [1.54, 1.807) is 18.9 Å². The Labute approximate surface area is 173 Å². The number of amides is 1. The number of hydrogen-bond acceptors (Lipinski definition) is 5. The average molecular weight is 417 g/mol. The van der Waals surface area contributed by atoms with E-state index in [-0.39, 0.29) is 5.91 Å². The SMILES string of the molecule is CCOCCn1c(=NC(=O)c2cccc(SCC)c2)sc2cc(OC)ccc21. The molecule has 148 valence electrons. The zero-order valence-corrected chi connectivity index (χ0v) is 17.9. The topological polar surface area (TPSA) is 52.8 Å². The van der Waals surface area contributed by atoms with Crippen molar-refractivity contribution in [3.63, 3.8) is 0 Å². The van der Waals surface area contributed by atoms with Crippen molar-refractivity contribution in [2.75, 3.05) is 26.1 Å². The lowest BCUT2D eigenvalue weighted by Gasteiger charge is -2.06. The van der Waals surface area contributed by atoms with Gasteiger partial charge in [-0.3, -0.25) is 4.79 Å². The largest absolute Gasteiger partial charge is 0.497 e. The number of benzene rings is 2. The first-order valence-corrected chi connectivity index (χ1v) is 11.0. The van der Waals surface area contributed by atoms with Crippen LogP contribution in [-0.2, 0) is 11.3 Å². The van der Waals surface area contributed by atoms with Crippen molar-refractivity contribution in [1.82, 2.24) is 4.57 Å². The van der Waals surface area contributed by atoms with Crippen LogP contribution in [0.15, 0.2) is 52.4 Å². The Morgan fingerprint density at radius 3 is 2.82 bits per heavy atom. The van der Waals surface area contributed by atoms with E-state index in [0.717, 1.165) is 26.6 Å². The van der Waals surface area contributed by atoms with Gasteiger partial charge < -0.3 is 14.0 Å². The van der Waals surface area contributed by atoms with E-state index in [2.05, 4.69) is 11.9 Å². The number of carbonyl (C=O) groups excluding carboxylic acids is 1. The van der Waals surface area contributed by atoms with Crippen LogP contribution in [0.2, 0.25) is 0 Å². The molecule has 1 heterocycles. The highest BCUT2D eigenvalue weighted by molar-refractivity contribution is 7.99. The fourth-order valence-corrected chi connectivity index (χ4v) is 4.62. The number of hydrogen-bond donors (Lipinski definition) is 0. The third-order valence-corrected chi connectivity index (χ3v) is 6.06. The minimum Gasteiger partial charge on any atom is -0.497 e. The highest BCUT2D eigenvalue weighted by Crippen LogP contribution is 2.23. The lowest BCUT2D eigenvalue weighted by atomic mass is 10.2. The van der Waals surface area contributed by atoms with Gasteiger partial charge in [0.15, 0.2) is 4.80 Å². The fourth-order valence-electron chi connectivity index (χ4n) is 2.82. The third-order valence-electron chi connectivity index (χ3n) is 4.14. The number of rotatable bonds is 8. The van der Waals surface area contributed by atoms with Crippen molar-refractivity contribution in [1.29, 1.82) is 0 Å². The summed E-state index contributed by atoms with van der Waals surface area (Å²) in [5.41, 5.74) is 1.62. The smallest absolute Gasteiger partial charge is 0.279 e. The molecule has 1 aromatic heterocycles. The summed E-state index contributed by atoms with van der Waals surface area (Å²) in [5, 5.41) is 0. The molecule has 3 aromatic rings. The van der Waals surface area contributed by atoms with Gasteiger partial charge in [0.1, 0.15) is 5.75 Å². The lowest BCUT2D eigenvalue weighted by molar-refractivity contribution is 0.0996. The Balaban J connectivity index is 2.02. The molecular formula is C21H24N2O3S2. The zero-order valence-electron chi connectivity index (χ0n) is 16.3. The molecular weight excluding hydrogens is 392 g/mol. The van der Waals surface area contributed by atoms with Gasteiger partial charge in [0.05, 0.1) is 23.9 Å². The minimum absolute atomic E-state index is 0.234. The number of carbonyl (C=O) groups is 1. The molecule has 0 atom stereocenters. The Morgan fingerprint density at radius 1 is 1.21 bits per heavy atom. The van der Waals surface area contributed by atoms with Gasteiger partial charge in [0.2, 0.25) is 0 Å². The summed E-state index contributed by atoms with van der Waals surface area (Å²) in [6.45, 7) is 5.92. The summed E-state index contributed by atoms with van der Waals surface area (Å²) in [7, 11) is 1.65. The Kier molecular flexibility index (Phi) is 7.30. The average Bonchev–Trinajstić information content (AvgIpc) is 3.05. The Morgan fingerprint density at radius 2 is 2.07 bits per heavy atom. The predicted octanol–water partition coefficient (Wildman–Crippen LogP) is 4.60. The van der Waals surface area contributed by atoms with Crippen LogP contribution in [0.25, 0.3) is 10.2 Å². The van der Waals surface area contributed by atoms with Crippen molar-refractivity contribution in [3.05, 3.63) is 52.8 Å². The highest BCUT2D eigenvalue weighted by atomic mass is 32.2. The lowest BCUT2D eigenvalue weighted by Crippen LogP contribution is -2.19. The van der Waals surface area contributed by atoms with E-state index in [0.29, 0.717) is 30.1 Å². The number of thioether (sulfide) groups is 1. The maximum atomic E-state index is 12.8. The van der Waals surface area contributed by atoms with Crippen LogP contribution in [0.1, 0.15) is 24.2 Å². The maximum Gasteiger partial charge on any atom is 0.279 e. The van der Waals surface area contributed by atoms with Crippen LogP contribution in [0.5, 0.6) is 5.75 Å². The molecule has 0 radical (unpaired) electrons. The van der Waals surface area contributed by atoms with Crippen LogP contribution in [-0.4, -0.2) is 36.6 Å². The van der Waals surface area contributed by atoms with Gasteiger partial charge in [0.25, 0.3) is 5.91 Å². The molecule has 28 heavy (non-hydrogen) atoms. The van der Waals surface area contributed by atoms with E-state index < -0.39 is 0 Å². The standard InChI is InChI=1S/C21H24N2O3S2/c1-4-26-12-11-23-18-10-9-16(25-3)14-19(18)28-21(23)22-20(24)15-7-6-8-17(13-15)27-5-2/h6-10,13-14H,4-5,11-12H2,1-3H3. The maximum absolute atomic E-state index is 12.8. The second-order valence-electron chi connectivity index (χ2n) is 5.94. The number of nitrogens with zero attached hydrogens (tertiary/aromatic N) is 2. The first-order chi connectivity index (χ1) is 13.7. The van der Waals surface area contributed by atoms with Crippen molar-refractivity contribution in [2.24, 2.45) is 4.99 Å². The summed E-state index contributed by atoms with van der Waals surface area (Å²) >= 11 is 3.19. The van der Waals surface area contributed by atoms with E-state index in [4.69, 9.17) is 9.47 Å². The van der Waals surface area contributed by atoms with E-state index >= 15 is 0 Å². The van der Waals surface area contributed by atoms with Crippen LogP contribution in [0.4, 0.5) is 0 Å². The molecule has 3 rings (SSSR count). The first-order valence-electron chi connectivity index (χ1n) is 9.23. The fraction of sp³-hybridized carbons (Fsp3) is 0.333. The molecule has 0 fully saturated rings. The van der Waals surface area contributed by atoms with Crippen molar-refractivity contribution in [2.45, 2.75) is 25.3 Å². The molecule has 0 spiro atoms. The molecule has 0 aliphatic heterocycles. The quantitative estimate of drug-likeness (QED) is 0.398. The highest BCUT2D eigenvalue weighted by Gasteiger charge is 2.11. The summed E-state index contributed by atoms with van der Waals surface area (Å²) in [6.07, 6.45) is 0. The van der Waals surface area contributed by atoms with Crippen molar-refractivity contribution < 1.29 is 14.3 Å². The van der Waals surface area contributed by atoms with Gasteiger partial charge in [-0.05, 0) is 49.1 Å². The monoisotopic (exact) mass is 416 g/mol. The summed E-state index contributed by atoms with van der Waals surface area (Å²) in [4.78, 5) is 19.0. The van der Waals surface area contributed by atoms with Gasteiger partial charge >= 0.3 is 0 Å². The van der Waals surface area contributed by atoms with Crippen molar-refractivity contribution in [3.8, 4) is 5.75 Å². The molecule has 0 aliphatic rings. The molecule has 2 aromatic carbocycles. The molecule has 0 saturated carbocycles. The Hall–Kier alpha value is -2.09. The van der Waals surface area contributed by atoms with Gasteiger partial charge in [-0.2, -0.15) is 4.99 Å². The van der Waals surface area contributed by atoms with Crippen LogP contribution >= 0.6 is 23.1 Å². The normalized spacial score (nSPS) is 11.9. The van der Waals surface area contributed by atoms with Gasteiger partial charge in [-0.15, -0.1) is 11.8 Å². The number of aromatic nitrogens is 1. The summed E-state index contributed by atoms with van der Waals surface area (Å²) < 4.78 is 13.9. The number of thiazole rings is 1. The molecule has 0 unspecified atom stereocenters. The van der Waals surface area contributed by atoms with Gasteiger partial charge in [-0.1, -0.05) is 24.3 Å². The number of methoxy groups -OCH3 is 1. The summed E-state index contributed by atoms with van der Waals surface area (Å²) in [6, 6.07) is 13.5. The molecule has 0 aliphatic carbocycles. The van der Waals surface area contributed by atoms with Gasteiger partial charge in [-0.25, -0.2) is 0 Å². The third kappa shape index (κ3) is 4.84. The number of ether oxygens (including phenoxy) is 2. The second kappa shape index (κ2) is 9.91. The molecule has 0 bridgehead atoms. The van der Waals surface area contributed by atoms with E-state index in [9.17, 15) is 4.79 Å². The number of fused-ring (bicyclic) bond motifs is 1. The van der Waals surface area contributed by atoms with E-state index in [1.807, 2.05) is 54.0 Å². The Bertz CT molecular complexity index is 1020. The summed E-state index contributed by atoms with van der Waals surface area (Å²) in [5.74, 6) is 1.51. The van der Waals surface area contributed by atoms with Crippen LogP contribution < -0.4 is 9.54 Å². The first kappa shape index (κ1) is 20.6. The van der Waals surface area contributed by atoms with Crippen LogP contribution in [0, 0.1) is 0 Å². The minimum atomic E-state index is -0.234. The molecule has 1 amide bonds. The molecule has 5 nitrogen and oxygen atoms in total.